The first-order valence-corrected chi connectivity index (χ1v) is 13.1. The molecule has 37 heavy (non-hydrogen) atoms. The SMILES string of the molecule is CC(C)(C)C(c1cc(-c2cc(F)ccc2F)cn1Cc1ccccc1)N(CCCNC(=O)I)C(=O)CO. The number of rotatable bonds is 10. The summed E-state index contributed by atoms with van der Waals surface area (Å²) in [7, 11) is 0. The molecule has 0 bridgehead atoms. The standard InChI is InChI=1S/C28H32F2IN3O3/c1-28(2,3)26(34(25(36)18-35)13-7-12-32-27(31)37)24-14-20(22-15-21(29)10-11-23(22)30)17-33(24)16-19-8-5-4-6-9-19/h4-6,8-11,14-15,17,26,35H,7,12-13,16,18H2,1-3H3,(H,32,37). The highest BCUT2D eigenvalue weighted by atomic mass is 127. The third-order valence-electron chi connectivity index (χ3n) is 6.07. The van der Waals surface area contributed by atoms with Crippen LogP contribution in [0.3, 0.4) is 0 Å². The third-order valence-corrected chi connectivity index (χ3v) is 6.45. The Balaban J connectivity index is 2.13. The number of amides is 2. The Morgan fingerprint density at radius 1 is 1.11 bits per heavy atom. The predicted octanol–water partition coefficient (Wildman–Crippen LogP) is 5.92. The molecule has 0 spiro atoms. The first-order valence-electron chi connectivity index (χ1n) is 12.0. The van der Waals surface area contributed by atoms with Crippen LogP contribution >= 0.6 is 22.6 Å². The van der Waals surface area contributed by atoms with E-state index < -0.39 is 35.6 Å². The minimum Gasteiger partial charge on any atom is -0.387 e. The number of hydrogen-bond acceptors (Lipinski definition) is 3. The van der Waals surface area contributed by atoms with Gasteiger partial charge in [-0.15, -0.1) is 0 Å². The van der Waals surface area contributed by atoms with Crippen LogP contribution in [0.25, 0.3) is 11.1 Å². The van der Waals surface area contributed by atoms with Gasteiger partial charge >= 0.3 is 0 Å². The highest BCUT2D eigenvalue weighted by Gasteiger charge is 2.36. The summed E-state index contributed by atoms with van der Waals surface area (Å²) in [5.74, 6) is -1.54. The van der Waals surface area contributed by atoms with Crippen LogP contribution in [-0.2, 0) is 11.3 Å². The Morgan fingerprint density at radius 2 is 1.81 bits per heavy atom. The van der Waals surface area contributed by atoms with E-state index in [1.807, 2.05) is 55.7 Å². The van der Waals surface area contributed by atoms with Gasteiger partial charge in [0.15, 0.2) is 0 Å². The predicted molar refractivity (Wildman–Crippen MR) is 148 cm³/mol. The molecule has 9 heteroatoms. The molecule has 3 rings (SSSR count). The summed E-state index contributed by atoms with van der Waals surface area (Å²) in [5.41, 5.74) is 1.87. The second kappa shape index (κ2) is 12.6. The third kappa shape index (κ3) is 7.61. The van der Waals surface area contributed by atoms with Gasteiger partial charge in [0.25, 0.3) is 3.91 Å². The Hall–Kier alpha value is -2.79. The number of nitrogens with zero attached hydrogens (tertiary/aromatic N) is 2. The van der Waals surface area contributed by atoms with E-state index in [2.05, 4.69) is 5.32 Å². The fraction of sp³-hybridized carbons (Fsp3) is 0.357. The van der Waals surface area contributed by atoms with E-state index in [1.165, 1.54) is 0 Å². The van der Waals surface area contributed by atoms with Crippen LogP contribution in [0, 0.1) is 17.0 Å². The van der Waals surface area contributed by atoms with Crippen molar-refractivity contribution in [3.8, 4) is 11.1 Å². The van der Waals surface area contributed by atoms with E-state index in [0.29, 0.717) is 31.6 Å². The highest BCUT2D eigenvalue weighted by Crippen LogP contribution is 2.41. The van der Waals surface area contributed by atoms with Gasteiger partial charge in [0, 0.05) is 65.2 Å². The van der Waals surface area contributed by atoms with Crippen LogP contribution in [0.15, 0.2) is 60.8 Å². The molecule has 6 nitrogen and oxygen atoms in total. The zero-order chi connectivity index (χ0) is 27.2. The van der Waals surface area contributed by atoms with Crippen LogP contribution in [0.5, 0.6) is 0 Å². The smallest absolute Gasteiger partial charge is 0.280 e. The van der Waals surface area contributed by atoms with Gasteiger partial charge in [0.1, 0.15) is 18.2 Å². The number of aliphatic hydroxyl groups is 1. The molecule has 0 saturated carbocycles. The summed E-state index contributed by atoms with van der Waals surface area (Å²) >= 11 is 1.65. The van der Waals surface area contributed by atoms with Crippen molar-refractivity contribution in [1.29, 1.82) is 0 Å². The largest absolute Gasteiger partial charge is 0.387 e. The lowest BCUT2D eigenvalue weighted by molar-refractivity contribution is -0.139. The summed E-state index contributed by atoms with van der Waals surface area (Å²) in [5, 5.41) is 12.5. The molecule has 1 unspecified atom stereocenters. The highest BCUT2D eigenvalue weighted by molar-refractivity contribution is 14.1. The maximum Gasteiger partial charge on any atom is 0.280 e. The maximum atomic E-state index is 14.8. The molecule has 1 aromatic heterocycles. The molecule has 0 radical (unpaired) electrons. The molecule has 0 fully saturated rings. The van der Waals surface area contributed by atoms with Crippen molar-refractivity contribution in [2.75, 3.05) is 19.7 Å². The maximum absolute atomic E-state index is 14.8. The zero-order valence-electron chi connectivity index (χ0n) is 21.2. The van der Waals surface area contributed by atoms with Crippen molar-refractivity contribution in [2.24, 2.45) is 5.41 Å². The lowest BCUT2D eigenvalue weighted by atomic mass is 9.83. The second-order valence-corrected chi connectivity index (χ2v) is 10.9. The number of carbonyl (C=O) groups excluding carboxylic acids is 2. The van der Waals surface area contributed by atoms with Crippen molar-refractivity contribution >= 4 is 32.4 Å². The number of hydrogen-bond donors (Lipinski definition) is 2. The first kappa shape index (κ1) is 28.8. The van der Waals surface area contributed by atoms with Crippen molar-refractivity contribution in [1.82, 2.24) is 14.8 Å². The van der Waals surface area contributed by atoms with Crippen molar-refractivity contribution in [2.45, 2.75) is 39.8 Å². The Morgan fingerprint density at radius 3 is 2.43 bits per heavy atom. The average Bonchev–Trinajstić information content (AvgIpc) is 3.24. The molecule has 1 heterocycles. The van der Waals surface area contributed by atoms with E-state index in [1.54, 1.807) is 39.8 Å². The van der Waals surface area contributed by atoms with Crippen molar-refractivity contribution < 1.29 is 23.5 Å². The zero-order valence-corrected chi connectivity index (χ0v) is 23.3. The van der Waals surface area contributed by atoms with Gasteiger partial charge in [-0.25, -0.2) is 8.78 Å². The molecule has 0 saturated heterocycles. The van der Waals surface area contributed by atoms with Gasteiger partial charge in [-0.1, -0.05) is 51.1 Å². The van der Waals surface area contributed by atoms with Crippen LogP contribution in [-0.4, -0.2) is 44.1 Å². The molecule has 2 aromatic carbocycles. The number of aliphatic hydroxyl groups excluding tert-OH is 1. The molecular weight excluding hydrogens is 591 g/mol. The van der Waals surface area contributed by atoms with Crippen molar-refractivity contribution in [3.63, 3.8) is 0 Å². The summed E-state index contributed by atoms with van der Waals surface area (Å²) in [6.45, 7) is 6.41. The Labute approximate surface area is 229 Å². The molecular formula is C28H32F2IN3O3. The normalized spacial score (nSPS) is 12.3. The van der Waals surface area contributed by atoms with Gasteiger partial charge < -0.3 is 19.9 Å². The molecule has 2 N–H and O–H groups in total. The number of benzene rings is 2. The quantitative estimate of drug-likeness (QED) is 0.127. The van der Waals surface area contributed by atoms with E-state index >= 15 is 0 Å². The molecule has 2 amide bonds. The Bertz CT molecular complexity index is 1230. The van der Waals surface area contributed by atoms with Gasteiger partial charge in [-0.05, 0) is 41.7 Å². The minimum atomic E-state index is -0.671. The molecule has 3 aromatic rings. The fourth-order valence-corrected chi connectivity index (χ4v) is 4.81. The topological polar surface area (TPSA) is 74.6 Å². The molecule has 0 aliphatic heterocycles. The number of nitrogens with one attached hydrogen (secondary N) is 1. The van der Waals surface area contributed by atoms with Gasteiger partial charge in [-0.3, -0.25) is 9.59 Å². The Kier molecular flexibility index (Phi) is 9.83. The molecule has 0 aliphatic rings. The molecule has 1 atom stereocenters. The van der Waals surface area contributed by atoms with Gasteiger partial charge in [0.05, 0.1) is 6.04 Å². The van der Waals surface area contributed by atoms with Crippen LogP contribution in [0.4, 0.5) is 13.6 Å². The van der Waals surface area contributed by atoms with Gasteiger partial charge in [0.2, 0.25) is 5.91 Å². The van der Waals surface area contributed by atoms with E-state index in [9.17, 15) is 23.5 Å². The average molecular weight is 623 g/mol. The fourth-order valence-electron chi connectivity index (χ4n) is 4.54. The number of carbonyl (C=O) groups is 2. The first-order chi connectivity index (χ1) is 17.5. The van der Waals surface area contributed by atoms with E-state index in [0.717, 1.165) is 29.5 Å². The van der Waals surface area contributed by atoms with E-state index in [-0.39, 0.29) is 9.48 Å². The van der Waals surface area contributed by atoms with E-state index in [4.69, 9.17) is 0 Å². The lowest BCUT2D eigenvalue weighted by Crippen LogP contribution is -2.44. The van der Waals surface area contributed by atoms with Gasteiger partial charge in [-0.2, -0.15) is 0 Å². The summed E-state index contributed by atoms with van der Waals surface area (Å²) in [6.07, 6.45) is 2.26. The summed E-state index contributed by atoms with van der Waals surface area (Å²) < 4.78 is 30.6. The summed E-state index contributed by atoms with van der Waals surface area (Å²) in [4.78, 5) is 25.9. The second-order valence-electron chi connectivity index (χ2n) is 9.96. The van der Waals surface area contributed by atoms with Crippen LogP contribution in [0.1, 0.15) is 44.5 Å². The van der Waals surface area contributed by atoms with Crippen molar-refractivity contribution in [3.05, 3.63) is 83.7 Å². The summed E-state index contributed by atoms with van der Waals surface area (Å²) in [6, 6.07) is 14.4. The number of aromatic nitrogens is 1. The molecule has 198 valence electrons. The molecule has 0 aliphatic carbocycles. The minimum absolute atomic E-state index is 0.130. The van der Waals surface area contributed by atoms with Crippen LogP contribution < -0.4 is 5.32 Å². The van der Waals surface area contributed by atoms with Crippen LogP contribution in [0.2, 0.25) is 0 Å². The lowest BCUT2D eigenvalue weighted by Gasteiger charge is -2.41. The number of halogens is 3. The monoisotopic (exact) mass is 623 g/mol.